The fourth-order valence-corrected chi connectivity index (χ4v) is 6.92. The lowest BCUT2D eigenvalue weighted by Crippen LogP contribution is -2.44. The number of carbonyl (C=O) groups excluding carboxylic acids is 3. The predicted molar refractivity (Wildman–Crippen MR) is 170 cm³/mol. The van der Waals surface area contributed by atoms with Gasteiger partial charge in [0, 0.05) is 11.6 Å². The van der Waals surface area contributed by atoms with Crippen molar-refractivity contribution in [3.8, 4) is 21.9 Å². The number of carbonyl (C=O) groups is 3. The minimum Gasteiger partial charge on any atom is -0.480 e. The molecule has 11 heteroatoms. The van der Waals surface area contributed by atoms with Crippen LogP contribution in [0.25, 0.3) is 10.4 Å². The van der Waals surface area contributed by atoms with Gasteiger partial charge in [-0.3, -0.25) is 4.79 Å². The van der Waals surface area contributed by atoms with E-state index in [1.54, 1.807) is 6.92 Å². The highest BCUT2D eigenvalue weighted by atomic mass is 79.9. The van der Waals surface area contributed by atoms with E-state index >= 15 is 0 Å². The Kier molecular flexibility index (Phi) is 11.6. The van der Waals surface area contributed by atoms with Crippen LogP contribution in [-0.2, 0) is 19.1 Å². The Hall–Kier alpha value is -3.41. The van der Waals surface area contributed by atoms with E-state index in [2.05, 4.69) is 40.4 Å². The molecule has 0 spiro atoms. The Morgan fingerprint density at radius 1 is 1.09 bits per heavy atom. The zero-order chi connectivity index (χ0) is 30.9. The van der Waals surface area contributed by atoms with Crippen LogP contribution in [0.1, 0.15) is 54.8 Å². The number of anilines is 1. The minimum absolute atomic E-state index is 0.0263. The van der Waals surface area contributed by atoms with Crippen molar-refractivity contribution in [2.24, 2.45) is 5.92 Å². The van der Waals surface area contributed by atoms with Crippen LogP contribution in [0.15, 0.2) is 53.0 Å². The third kappa shape index (κ3) is 8.16. The summed E-state index contributed by atoms with van der Waals surface area (Å²) < 4.78 is 22.6. The zero-order valence-corrected chi connectivity index (χ0v) is 27.1. The summed E-state index contributed by atoms with van der Waals surface area (Å²) in [5.41, 5.74) is 2.58. The van der Waals surface area contributed by atoms with Crippen LogP contribution in [0, 0.1) is 5.92 Å². The lowest BCUT2D eigenvalue weighted by Gasteiger charge is -2.30. The molecular formula is C32H37BrN2O7S. The van der Waals surface area contributed by atoms with Gasteiger partial charge in [0.25, 0.3) is 5.91 Å². The van der Waals surface area contributed by atoms with Crippen molar-refractivity contribution in [1.29, 1.82) is 0 Å². The highest BCUT2D eigenvalue weighted by Gasteiger charge is 2.32. The standard InChI is InChI=1S/C32H37BrN2O7S/c1-5-40-25(36)18-41-28-26(33)29(43-30(28)32(38)39-4)21-9-8-10-22(17-21)42-27(20-13-15-34-16-14-20)31(37)35-24-12-7-6-11-23(24)19(2)3/h6-12,17,19-20,27,34H,5,13-16,18H2,1-4H3,(H,35,37). The van der Waals surface area contributed by atoms with E-state index in [4.69, 9.17) is 18.9 Å². The fraction of sp³-hybridized carbons (Fsp3) is 0.406. The van der Waals surface area contributed by atoms with Crippen molar-refractivity contribution >= 4 is 50.8 Å². The van der Waals surface area contributed by atoms with Crippen molar-refractivity contribution in [1.82, 2.24) is 5.32 Å². The van der Waals surface area contributed by atoms with E-state index in [1.165, 1.54) is 7.11 Å². The van der Waals surface area contributed by atoms with E-state index in [0.29, 0.717) is 15.1 Å². The number of hydrogen-bond acceptors (Lipinski definition) is 9. The van der Waals surface area contributed by atoms with Crippen LogP contribution < -0.4 is 20.1 Å². The van der Waals surface area contributed by atoms with Gasteiger partial charge in [-0.15, -0.1) is 11.3 Å². The van der Waals surface area contributed by atoms with Gasteiger partial charge >= 0.3 is 11.9 Å². The van der Waals surface area contributed by atoms with Gasteiger partial charge in [0.15, 0.2) is 23.3 Å². The molecule has 4 rings (SSSR count). The van der Waals surface area contributed by atoms with Crippen LogP contribution in [0.3, 0.4) is 0 Å². The second kappa shape index (κ2) is 15.4. The summed E-state index contributed by atoms with van der Waals surface area (Å²) in [6.07, 6.45) is 0.909. The second-order valence-corrected chi connectivity index (χ2v) is 12.2. The summed E-state index contributed by atoms with van der Waals surface area (Å²) in [7, 11) is 1.28. The van der Waals surface area contributed by atoms with Crippen LogP contribution in [0.2, 0.25) is 0 Å². The molecule has 0 saturated carbocycles. The second-order valence-electron chi connectivity index (χ2n) is 10.4. The molecule has 1 unspecified atom stereocenters. The lowest BCUT2D eigenvalue weighted by atomic mass is 9.91. The molecule has 1 fully saturated rings. The predicted octanol–water partition coefficient (Wildman–Crippen LogP) is 6.42. The van der Waals surface area contributed by atoms with E-state index in [9.17, 15) is 14.4 Å². The quantitative estimate of drug-likeness (QED) is 0.212. The average molecular weight is 674 g/mol. The monoisotopic (exact) mass is 672 g/mol. The van der Waals surface area contributed by atoms with Gasteiger partial charge in [0.1, 0.15) is 5.75 Å². The summed E-state index contributed by atoms with van der Waals surface area (Å²) in [6, 6.07) is 15.2. The summed E-state index contributed by atoms with van der Waals surface area (Å²) in [4.78, 5) is 39.1. The lowest BCUT2D eigenvalue weighted by molar-refractivity contribution is -0.145. The van der Waals surface area contributed by atoms with E-state index in [1.807, 2.05) is 48.5 Å². The SMILES string of the molecule is CCOC(=O)COc1c(C(=O)OC)sc(-c2cccc(OC(C(=O)Nc3ccccc3C(C)C)C3CCNCC3)c2)c1Br. The topological polar surface area (TPSA) is 112 Å². The summed E-state index contributed by atoms with van der Waals surface area (Å²) >= 11 is 4.72. The normalized spacial score (nSPS) is 14.2. The van der Waals surface area contributed by atoms with E-state index in [0.717, 1.165) is 54.1 Å². The van der Waals surface area contributed by atoms with Crippen molar-refractivity contribution in [2.75, 3.05) is 38.7 Å². The van der Waals surface area contributed by atoms with Gasteiger partial charge in [-0.25, -0.2) is 9.59 Å². The Balaban J connectivity index is 1.63. The molecule has 0 aliphatic carbocycles. The molecule has 2 aromatic carbocycles. The first-order valence-electron chi connectivity index (χ1n) is 14.3. The molecule has 43 heavy (non-hydrogen) atoms. The van der Waals surface area contributed by atoms with Gasteiger partial charge in [-0.05, 0) is 84.0 Å². The number of nitrogens with one attached hydrogen (secondary N) is 2. The first-order chi connectivity index (χ1) is 20.7. The summed E-state index contributed by atoms with van der Waals surface area (Å²) in [5.74, 6) is -0.344. The smallest absolute Gasteiger partial charge is 0.351 e. The number of methoxy groups -OCH3 is 1. The zero-order valence-electron chi connectivity index (χ0n) is 24.7. The van der Waals surface area contributed by atoms with Crippen LogP contribution in [-0.4, -0.2) is 57.4 Å². The van der Waals surface area contributed by atoms with E-state index < -0.39 is 18.0 Å². The Morgan fingerprint density at radius 3 is 2.53 bits per heavy atom. The number of para-hydroxylation sites is 1. The molecule has 230 valence electrons. The van der Waals surface area contributed by atoms with E-state index in [-0.39, 0.29) is 41.6 Å². The molecule has 9 nitrogen and oxygen atoms in total. The maximum absolute atomic E-state index is 13.8. The number of thiophene rings is 1. The molecule has 0 bridgehead atoms. The van der Waals surface area contributed by atoms with Crippen LogP contribution >= 0.6 is 27.3 Å². The Labute approximate surface area is 264 Å². The molecule has 1 amide bonds. The highest BCUT2D eigenvalue weighted by molar-refractivity contribution is 9.10. The fourth-order valence-electron chi connectivity index (χ4n) is 4.96. The third-order valence-corrected chi connectivity index (χ3v) is 9.31. The number of piperidine rings is 1. The third-order valence-electron chi connectivity index (χ3n) is 7.09. The number of esters is 2. The molecule has 2 heterocycles. The van der Waals surface area contributed by atoms with Gasteiger partial charge < -0.3 is 29.6 Å². The maximum Gasteiger partial charge on any atom is 0.351 e. The molecular weight excluding hydrogens is 636 g/mol. The van der Waals surface area contributed by atoms with Gasteiger partial charge in [-0.2, -0.15) is 0 Å². The number of benzene rings is 2. The van der Waals surface area contributed by atoms with Gasteiger partial charge in [0.2, 0.25) is 0 Å². The van der Waals surface area contributed by atoms with Crippen LogP contribution in [0.4, 0.5) is 5.69 Å². The van der Waals surface area contributed by atoms with Gasteiger partial charge in [0.05, 0.1) is 23.1 Å². The molecule has 1 aliphatic rings. The first-order valence-corrected chi connectivity index (χ1v) is 15.9. The molecule has 2 N–H and O–H groups in total. The minimum atomic E-state index is -0.710. The number of hydrogen-bond donors (Lipinski definition) is 2. The maximum atomic E-state index is 13.8. The van der Waals surface area contributed by atoms with Crippen molar-refractivity contribution in [3.63, 3.8) is 0 Å². The molecule has 1 atom stereocenters. The van der Waals surface area contributed by atoms with Crippen molar-refractivity contribution in [3.05, 3.63) is 63.4 Å². The molecule has 1 saturated heterocycles. The molecule has 1 aromatic heterocycles. The number of ether oxygens (including phenoxy) is 4. The average Bonchev–Trinajstić information content (AvgIpc) is 3.35. The number of rotatable bonds is 12. The molecule has 3 aromatic rings. The Morgan fingerprint density at radius 2 is 1.84 bits per heavy atom. The molecule has 0 radical (unpaired) electrons. The molecule has 1 aliphatic heterocycles. The first kappa shape index (κ1) is 32.5. The summed E-state index contributed by atoms with van der Waals surface area (Å²) in [5, 5.41) is 6.49. The number of amides is 1. The summed E-state index contributed by atoms with van der Waals surface area (Å²) in [6.45, 7) is 7.38. The largest absolute Gasteiger partial charge is 0.480 e. The highest BCUT2D eigenvalue weighted by Crippen LogP contribution is 2.46. The van der Waals surface area contributed by atoms with Crippen molar-refractivity contribution < 1.29 is 33.3 Å². The number of halogens is 1. The Bertz CT molecular complexity index is 1430. The van der Waals surface area contributed by atoms with Crippen molar-refractivity contribution in [2.45, 2.75) is 45.6 Å². The van der Waals surface area contributed by atoms with Gasteiger partial charge in [-0.1, -0.05) is 44.2 Å². The van der Waals surface area contributed by atoms with Crippen LogP contribution in [0.5, 0.6) is 11.5 Å².